The lowest BCUT2D eigenvalue weighted by molar-refractivity contribution is 0.356. The Morgan fingerprint density at radius 2 is 0.833 bits per heavy atom. The van der Waals surface area contributed by atoms with Crippen molar-refractivity contribution in [2.45, 2.75) is 19.6 Å². The third kappa shape index (κ3) is 4.82. The zero-order valence-corrected chi connectivity index (χ0v) is 27.9. The number of hydrogen-bond donors (Lipinski definition) is 0. The lowest BCUT2D eigenvalue weighted by atomic mass is 10.1. The molecule has 2 aliphatic rings. The molecule has 0 saturated heterocycles. The summed E-state index contributed by atoms with van der Waals surface area (Å²) in [5.41, 5.74) is 2.66. The van der Waals surface area contributed by atoms with Gasteiger partial charge in [-0.05, 0) is 24.3 Å². The molecular weight excluding hydrogens is 641 g/mol. The smallest absolute Gasteiger partial charge is 0.162 e. The minimum Gasteiger partial charge on any atom is -0.493 e. The molecule has 0 radical (unpaired) electrons. The van der Waals surface area contributed by atoms with Crippen molar-refractivity contribution in [2.75, 3.05) is 28.4 Å². The Labute approximate surface area is 267 Å². The molecule has 0 unspecified atom stereocenters. The van der Waals surface area contributed by atoms with Gasteiger partial charge in [0.2, 0.25) is 0 Å². The molecule has 10 heteroatoms. The zero-order valence-electron chi connectivity index (χ0n) is 23.0. The van der Waals surface area contributed by atoms with Crippen molar-refractivity contribution >= 4 is 86.0 Å². The molecule has 4 heterocycles. The maximum atomic E-state index is 5.44. The first kappa shape index (κ1) is 28.2. The van der Waals surface area contributed by atoms with Gasteiger partial charge in [-0.25, -0.2) is 0 Å². The molecule has 0 saturated carbocycles. The average molecular weight is 665 g/mol. The Hall–Kier alpha value is -2.60. The highest BCUT2D eigenvalue weighted by molar-refractivity contribution is 8.77. The lowest BCUT2D eigenvalue weighted by Gasteiger charge is -2.14. The first-order valence-electron chi connectivity index (χ1n) is 12.9. The molecule has 4 nitrogen and oxygen atoms in total. The van der Waals surface area contributed by atoms with Crippen LogP contribution < -0.4 is 18.9 Å². The van der Waals surface area contributed by atoms with Crippen LogP contribution in [0.2, 0.25) is 0 Å². The van der Waals surface area contributed by atoms with Gasteiger partial charge in [0.1, 0.15) is 0 Å². The van der Waals surface area contributed by atoms with Crippen LogP contribution >= 0.6 is 65.8 Å². The van der Waals surface area contributed by atoms with Crippen molar-refractivity contribution in [2.24, 2.45) is 0 Å². The minimum absolute atomic E-state index is 0.787. The van der Waals surface area contributed by atoms with Crippen molar-refractivity contribution in [1.29, 1.82) is 0 Å². The van der Waals surface area contributed by atoms with Gasteiger partial charge in [0.05, 0.1) is 38.2 Å². The fraction of sp³-hybridized carbons (Fsp3) is 0.125. The van der Waals surface area contributed by atoms with Crippen LogP contribution in [-0.4, -0.2) is 28.4 Å². The highest BCUT2D eigenvalue weighted by Gasteiger charge is 2.25. The van der Waals surface area contributed by atoms with Crippen molar-refractivity contribution in [3.8, 4) is 43.9 Å². The zero-order chi connectivity index (χ0) is 28.8. The number of hydrogen-bond acceptors (Lipinski definition) is 10. The highest BCUT2D eigenvalue weighted by atomic mass is 33.1. The Morgan fingerprint density at radius 1 is 0.452 bits per heavy atom. The number of ether oxygens (including phenoxy) is 4. The third-order valence-electron chi connectivity index (χ3n) is 6.99. The SMILES string of the molecule is COc1cc2sc3c(c2cc1OC)SSc1ccccc1-3.COc1cc2sc3c(c2cc1OC)SSc1ccccc1-3. The Bertz CT molecular complexity index is 1820. The summed E-state index contributed by atoms with van der Waals surface area (Å²) in [6.45, 7) is 0. The van der Waals surface area contributed by atoms with Crippen molar-refractivity contribution < 1.29 is 18.9 Å². The summed E-state index contributed by atoms with van der Waals surface area (Å²) in [7, 11) is 14.0. The number of fused-ring (bicyclic) bond motifs is 10. The highest BCUT2D eigenvalue weighted by Crippen LogP contribution is 2.59. The van der Waals surface area contributed by atoms with E-state index in [1.54, 1.807) is 28.4 Å². The molecule has 0 N–H and O–H groups in total. The molecular formula is C32H24O4S6. The van der Waals surface area contributed by atoms with Crippen LogP contribution in [0.25, 0.3) is 41.1 Å². The monoisotopic (exact) mass is 664 g/mol. The Kier molecular flexibility index (Phi) is 7.94. The molecule has 0 spiro atoms. The van der Waals surface area contributed by atoms with E-state index in [0.29, 0.717) is 0 Å². The summed E-state index contributed by atoms with van der Waals surface area (Å²) < 4.78 is 24.2. The lowest BCUT2D eigenvalue weighted by Crippen LogP contribution is -1.89. The van der Waals surface area contributed by atoms with E-state index in [4.69, 9.17) is 18.9 Å². The van der Waals surface area contributed by atoms with E-state index in [1.807, 2.05) is 65.8 Å². The molecule has 4 aromatic carbocycles. The fourth-order valence-corrected chi connectivity index (χ4v) is 13.3. The van der Waals surface area contributed by atoms with E-state index in [-0.39, 0.29) is 0 Å². The number of methoxy groups -OCH3 is 4. The van der Waals surface area contributed by atoms with Gasteiger partial charge in [-0.2, -0.15) is 0 Å². The third-order valence-corrected chi connectivity index (χ3v) is 14.6. The summed E-state index contributed by atoms with van der Waals surface area (Å²) in [5.74, 6) is 3.15. The largest absolute Gasteiger partial charge is 0.493 e. The normalized spacial score (nSPS) is 12.9. The summed E-state index contributed by atoms with van der Waals surface area (Å²) in [6, 6.07) is 25.5. The van der Waals surface area contributed by atoms with E-state index in [9.17, 15) is 0 Å². The van der Waals surface area contributed by atoms with Crippen molar-refractivity contribution in [3.05, 3.63) is 72.8 Å². The standard InChI is InChI=1S/2C16H12O2S3/c2*1-17-11-7-10-14(8-12(11)18-2)19-15-9-5-3-4-6-13(9)20-21-16(10)15/h2*3-8H,1-2H3. The van der Waals surface area contributed by atoms with Crippen LogP contribution in [0.3, 0.4) is 0 Å². The molecule has 0 aliphatic carbocycles. The van der Waals surface area contributed by atoms with Gasteiger partial charge in [-0.1, -0.05) is 79.6 Å². The maximum Gasteiger partial charge on any atom is 0.162 e. The molecule has 212 valence electrons. The van der Waals surface area contributed by atoms with Crippen LogP contribution in [-0.2, 0) is 0 Å². The average Bonchev–Trinajstić information content (AvgIpc) is 3.61. The van der Waals surface area contributed by atoms with Crippen molar-refractivity contribution in [1.82, 2.24) is 0 Å². The topological polar surface area (TPSA) is 36.9 Å². The predicted molar refractivity (Wildman–Crippen MR) is 184 cm³/mol. The quantitative estimate of drug-likeness (QED) is 0.172. The second kappa shape index (κ2) is 11.8. The predicted octanol–water partition coefficient (Wildman–Crippen LogP) is 11.4. The molecule has 2 aliphatic heterocycles. The van der Waals surface area contributed by atoms with Crippen LogP contribution in [0.5, 0.6) is 23.0 Å². The van der Waals surface area contributed by atoms with Gasteiger partial charge in [0.15, 0.2) is 23.0 Å². The number of rotatable bonds is 4. The maximum absolute atomic E-state index is 5.44. The molecule has 6 aromatic rings. The Morgan fingerprint density at radius 3 is 1.24 bits per heavy atom. The summed E-state index contributed by atoms with van der Waals surface area (Å²) >= 11 is 3.64. The van der Waals surface area contributed by atoms with Crippen LogP contribution in [0.1, 0.15) is 0 Å². The van der Waals surface area contributed by atoms with Gasteiger partial charge < -0.3 is 18.9 Å². The first-order chi connectivity index (χ1) is 20.6. The first-order valence-corrected chi connectivity index (χ1v) is 18.8. The molecule has 2 aromatic heterocycles. The van der Waals surface area contributed by atoms with E-state index in [0.717, 1.165) is 23.0 Å². The fourth-order valence-electron chi connectivity index (χ4n) is 4.95. The summed E-state index contributed by atoms with van der Waals surface area (Å²) in [4.78, 5) is 8.03. The van der Waals surface area contributed by atoms with Gasteiger partial charge in [0.25, 0.3) is 0 Å². The second-order valence-electron chi connectivity index (χ2n) is 9.25. The van der Waals surface area contributed by atoms with Gasteiger partial charge in [-0.15, -0.1) is 22.7 Å². The van der Waals surface area contributed by atoms with Crippen LogP contribution in [0.4, 0.5) is 0 Å². The van der Waals surface area contributed by atoms with E-state index >= 15 is 0 Å². The summed E-state index contributed by atoms with van der Waals surface area (Å²) in [6.07, 6.45) is 0. The van der Waals surface area contributed by atoms with Crippen LogP contribution in [0, 0.1) is 0 Å². The van der Waals surface area contributed by atoms with E-state index < -0.39 is 0 Å². The van der Waals surface area contributed by atoms with E-state index in [2.05, 4.69) is 72.8 Å². The number of thiophene rings is 2. The molecule has 0 atom stereocenters. The molecule has 0 amide bonds. The molecule has 0 fully saturated rings. The van der Waals surface area contributed by atoms with Crippen LogP contribution in [0.15, 0.2) is 92.4 Å². The van der Waals surface area contributed by atoms with Gasteiger partial charge in [0, 0.05) is 63.0 Å². The van der Waals surface area contributed by atoms with Gasteiger partial charge in [-0.3, -0.25) is 0 Å². The van der Waals surface area contributed by atoms with Gasteiger partial charge >= 0.3 is 0 Å². The number of benzene rings is 4. The molecule has 42 heavy (non-hydrogen) atoms. The molecule has 0 bridgehead atoms. The Balaban J connectivity index is 0.000000137. The van der Waals surface area contributed by atoms with E-state index in [1.165, 1.54) is 60.6 Å². The molecule has 8 rings (SSSR count). The summed E-state index contributed by atoms with van der Waals surface area (Å²) in [5, 5.41) is 2.50. The second-order valence-corrected chi connectivity index (χ2v) is 15.7. The van der Waals surface area contributed by atoms with Crippen molar-refractivity contribution in [3.63, 3.8) is 0 Å². The minimum atomic E-state index is 0.787.